The van der Waals surface area contributed by atoms with E-state index in [9.17, 15) is 15.0 Å². The van der Waals surface area contributed by atoms with Gasteiger partial charge in [-0.3, -0.25) is 4.79 Å². The van der Waals surface area contributed by atoms with Crippen molar-refractivity contribution in [3.63, 3.8) is 0 Å². The fourth-order valence-corrected chi connectivity index (χ4v) is 1.21. The van der Waals surface area contributed by atoms with E-state index in [2.05, 4.69) is 4.74 Å². The van der Waals surface area contributed by atoms with Crippen molar-refractivity contribution in [1.82, 2.24) is 0 Å². The van der Waals surface area contributed by atoms with Crippen LogP contribution in [-0.2, 0) is 16.0 Å². The van der Waals surface area contributed by atoms with Crippen molar-refractivity contribution in [3.05, 3.63) is 17.7 Å². The summed E-state index contributed by atoms with van der Waals surface area (Å²) < 4.78 is 4.48. The molecule has 1 aromatic rings. The van der Waals surface area contributed by atoms with Crippen LogP contribution < -0.4 is 0 Å². The highest BCUT2D eigenvalue weighted by Crippen LogP contribution is 2.35. The lowest BCUT2D eigenvalue weighted by Crippen LogP contribution is -1.94. The van der Waals surface area contributed by atoms with Gasteiger partial charge in [-0.2, -0.15) is 0 Å². The minimum Gasteiger partial charge on any atom is -0.504 e. The highest BCUT2D eigenvalue weighted by molar-refractivity contribution is 5.51. The summed E-state index contributed by atoms with van der Waals surface area (Å²) in [7, 11) is 0. The zero-order valence-electron chi connectivity index (χ0n) is 8.01. The summed E-state index contributed by atoms with van der Waals surface area (Å²) >= 11 is 0. The summed E-state index contributed by atoms with van der Waals surface area (Å²) in [6, 6.07) is 2.71. The minimum atomic E-state index is -0.525. The van der Waals surface area contributed by atoms with Crippen LogP contribution in [0.5, 0.6) is 17.2 Å². The van der Waals surface area contributed by atoms with Crippen molar-refractivity contribution >= 4 is 6.47 Å². The van der Waals surface area contributed by atoms with Crippen LogP contribution in [0.15, 0.2) is 12.1 Å². The van der Waals surface area contributed by atoms with Gasteiger partial charge in [0, 0.05) is 0 Å². The topological polar surface area (TPSA) is 87.0 Å². The fraction of sp³-hybridized carbons (Fsp3) is 0.300. The predicted octanol–water partition coefficient (Wildman–Crippen LogP) is 0.909. The molecule has 0 saturated heterocycles. The molecule has 5 nitrogen and oxygen atoms in total. The lowest BCUT2D eigenvalue weighted by Gasteiger charge is -2.05. The molecule has 5 heteroatoms. The fourth-order valence-electron chi connectivity index (χ4n) is 1.21. The highest BCUT2D eigenvalue weighted by atomic mass is 16.5. The lowest BCUT2D eigenvalue weighted by molar-refractivity contribution is -0.128. The van der Waals surface area contributed by atoms with Gasteiger partial charge in [-0.15, -0.1) is 0 Å². The van der Waals surface area contributed by atoms with Gasteiger partial charge in [-0.05, 0) is 30.5 Å². The Labute approximate surface area is 86.5 Å². The standard InChI is InChI=1S/C10H12O5/c11-6-15-3-1-2-7-4-8(12)10(14)9(13)5-7/h4-6,12-14H,1-3H2. The summed E-state index contributed by atoms with van der Waals surface area (Å²) in [5, 5.41) is 27.4. The second kappa shape index (κ2) is 5.09. The van der Waals surface area contributed by atoms with E-state index in [4.69, 9.17) is 5.11 Å². The smallest absolute Gasteiger partial charge is 0.293 e. The van der Waals surface area contributed by atoms with E-state index >= 15 is 0 Å². The molecule has 0 aromatic heterocycles. The normalized spacial score (nSPS) is 9.87. The monoisotopic (exact) mass is 212 g/mol. The van der Waals surface area contributed by atoms with Gasteiger partial charge in [0.1, 0.15) is 0 Å². The van der Waals surface area contributed by atoms with Crippen LogP contribution in [0.1, 0.15) is 12.0 Å². The van der Waals surface area contributed by atoms with Crippen LogP contribution in [0.2, 0.25) is 0 Å². The summed E-state index contributed by atoms with van der Waals surface area (Å²) in [6.07, 6.45) is 1.12. The lowest BCUT2D eigenvalue weighted by atomic mass is 10.1. The molecule has 0 saturated carbocycles. The average Bonchev–Trinajstić information content (AvgIpc) is 2.21. The number of carbonyl (C=O) groups excluding carboxylic acids is 1. The molecule has 0 amide bonds. The highest BCUT2D eigenvalue weighted by Gasteiger charge is 2.07. The first kappa shape index (κ1) is 11.2. The molecule has 0 aliphatic heterocycles. The number of ether oxygens (including phenoxy) is 1. The Morgan fingerprint density at radius 1 is 1.20 bits per heavy atom. The number of aromatic hydroxyl groups is 3. The quantitative estimate of drug-likeness (QED) is 0.383. The van der Waals surface area contributed by atoms with Gasteiger partial charge in [0.25, 0.3) is 6.47 Å². The minimum absolute atomic E-state index is 0.284. The SMILES string of the molecule is O=COCCCc1cc(O)c(O)c(O)c1. The first-order valence-corrected chi connectivity index (χ1v) is 4.44. The maximum Gasteiger partial charge on any atom is 0.293 e. The molecule has 0 bridgehead atoms. The first-order chi connectivity index (χ1) is 7.15. The van der Waals surface area contributed by atoms with Crippen LogP contribution >= 0.6 is 0 Å². The Bertz CT molecular complexity index is 325. The number of benzene rings is 1. The Kier molecular flexibility index (Phi) is 3.79. The molecule has 82 valence electrons. The van der Waals surface area contributed by atoms with Crippen molar-refractivity contribution in [2.45, 2.75) is 12.8 Å². The van der Waals surface area contributed by atoms with Crippen molar-refractivity contribution in [3.8, 4) is 17.2 Å². The van der Waals surface area contributed by atoms with Crippen molar-refractivity contribution in [2.75, 3.05) is 6.61 Å². The molecule has 0 unspecified atom stereocenters. The third-order valence-electron chi connectivity index (χ3n) is 1.93. The summed E-state index contributed by atoms with van der Waals surface area (Å²) in [5.74, 6) is -1.24. The third-order valence-corrected chi connectivity index (χ3v) is 1.93. The van der Waals surface area contributed by atoms with Gasteiger partial charge in [0.05, 0.1) is 6.61 Å². The number of carbonyl (C=O) groups is 1. The number of aryl methyl sites for hydroxylation is 1. The van der Waals surface area contributed by atoms with E-state index in [1.54, 1.807) is 0 Å². The molecule has 0 aliphatic carbocycles. The molecule has 1 aromatic carbocycles. The molecular formula is C10H12O5. The Hall–Kier alpha value is -1.91. The van der Waals surface area contributed by atoms with Crippen LogP contribution in [0, 0.1) is 0 Å². The van der Waals surface area contributed by atoms with Crippen LogP contribution in [0.3, 0.4) is 0 Å². The Morgan fingerprint density at radius 2 is 1.80 bits per heavy atom. The average molecular weight is 212 g/mol. The largest absolute Gasteiger partial charge is 0.504 e. The van der Waals surface area contributed by atoms with Crippen molar-refractivity contribution in [1.29, 1.82) is 0 Å². The molecule has 0 radical (unpaired) electrons. The van der Waals surface area contributed by atoms with Gasteiger partial charge in [-0.1, -0.05) is 0 Å². The molecular weight excluding hydrogens is 200 g/mol. The zero-order chi connectivity index (χ0) is 11.3. The van der Waals surface area contributed by atoms with Gasteiger partial charge < -0.3 is 20.1 Å². The van der Waals surface area contributed by atoms with Crippen LogP contribution in [0.25, 0.3) is 0 Å². The number of phenolic OH excluding ortho intramolecular Hbond substituents is 3. The van der Waals surface area contributed by atoms with Crippen LogP contribution in [0.4, 0.5) is 0 Å². The van der Waals surface area contributed by atoms with E-state index < -0.39 is 5.75 Å². The second-order valence-corrected chi connectivity index (χ2v) is 3.05. The number of rotatable bonds is 5. The number of phenols is 3. The molecule has 0 aliphatic rings. The maximum atomic E-state index is 9.83. The van der Waals surface area contributed by atoms with E-state index in [0.717, 1.165) is 0 Å². The predicted molar refractivity (Wildman–Crippen MR) is 51.8 cm³/mol. The Morgan fingerprint density at radius 3 is 2.33 bits per heavy atom. The first-order valence-electron chi connectivity index (χ1n) is 4.44. The number of hydrogen-bond acceptors (Lipinski definition) is 5. The van der Waals surface area contributed by atoms with Crippen molar-refractivity contribution in [2.24, 2.45) is 0 Å². The van der Waals surface area contributed by atoms with E-state index in [0.29, 0.717) is 24.9 Å². The van der Waals surface area contributed by atoms with E-state index in [-0.39, 0.29) is 18.1 Å². The third kappa shape index (κ3) is 3.05. The van der Waals surface area contributed by atoms with E-state index in [1.807, 2.05) is 0 Å². The molecule has 0 heterocycles. The Balaban J connectivity index is 2.58. The number of hydrogen-bond donors (Lipinski definition) is 3. The second-order valence-electron chi connectivity index (χ2n) is 3.05. The molecule has 0 spiro atoms. The van der Waals surface area contributed by atoms with Crippen molar-refractivity contribution < 1.29 is 24.9 Å². The van der Waals surface area contributed by atoms with E-state index in [1.165, 1.54) is 12.1 Å². The zero-order valence-corrected chi connectivity index (χ0v) is 8.01. The summed E-state index contributed by atoms with van der Waals surface area (Å²) in [6.45, 7) is 0.650. The van der Waals surface area contributed by atoms with Gasteiger partial charge >= 0.3 is 0 Å². The maximum absolute atomic E-state index is 9.83. The molecule has 3 N–H and O–H groups in total. The summed E-state index contributed by atoms with van der Waals surface area (Å²) in [4.78, 5) is 9.83. The molecule has 15 heavy (non-hydrogen) atoms. The van der Waals surface area contributed by atoms with Gasteiger partial charge in [0.15, 0.2) is 17.2 Å². The van der Waals surface area contributed by atoms with Gasteiger partial charge in [-0.25, -0.2) is 0 Å². The van der Waals surface area contributed by atoms with Gasteiger partial charge in [0.2, 0.25) is 0 Å². The molecule has 1 rings (SSSR count). The summed E-state index contributed by atoms with van der Waals surface area (Å²) in [5.41, 5.74) is 0.664. The molecule has 0 fully saturated rings. The molecule has 0 atom stereocenters. The van der Waals surface area contributed by atoms with Crippen LogP contribution in [-0.4, -0.2) is 28.4 Å².